The second kappa shape index (κ2) is 8.75. The van der Waals surface area contributed by atoms with Crippen LogP contribution in [0.3, 0.4) is 0 Å². The predicted octanol–water partition coefficient (Wildman–Crippen LogP) is 1.35. The van der Waals surface area contributed by atoms with E-state index in [1.165, 1.54) is 6.42 Å². The third kappa shape index (κ3) is 5.01. The molecule has 2 heterocycles. The molecule has 0 aromatic rings. The van der Waals surface area contributed by atoms with Crippen molar-refractivity contribution in [1.82, 2.24) is 15.7 Å². The Morgan fingerprint density at radius 2 is 2.04 bits per heavy atom. The van der Waals surface area contributed by atoms with E-state index in [0.717, 1.165) is 45.2 Å². The van der Waals surface area contributed by atoms with Gasteiger partial charge in [0.1, 0.15) is 5.84 Å². The van der Waals surface area contributed by atoms with E-state index in [1.54, 1.807) is 19.9 Å². The summed E-state index contributed by atoms with van der Waals surface area (Å²) in [5.74, 6) is 1.45. The van der Waals surface area contributed by atoms with Crippen LogP contribution in [0.15, 0.2) is 28.2 Å². The van der Waals surface area contributed by atoms with E-state index >= 15 is 0 Å². The summed E-state index contributed by atoms with van der Waals surface area (Å²) in [7, 11) is 0. The van der Waals surface area contributed by atoms with Crippen LogP contribution in [-0.2, 0) is 4.84 Å². The zero-order valence-electron chi connectivity index (χ0n) is 16.3. The molecule has 0 amide bonds. The van der Waals surface area contributed by atoms with E-state index in [1.807, 2.05) is 0 Å². The Labute approximate surface area is 161 Å². The number of aliphatic hydroxyl groups is 1. The van der Waals surface area contributed by atoms with Crippen LogP contribution in [0.4, 0.5) is 0 Å². The molecular formula is C19H32N6O2. The van der Waals surface area contributed by atoms with Crippen molar-refractivity contribution in [3.8, 4) is 0 Å². The molecule has 0 unspecified atom stereocenters. The number of allylic oxidation sites excluding steroid dienone is 1. The minimum absolute atomic E-state index is 0.215. The first kappa shape index (κ1) is 19.7. The average molecular weight is 377 g/mol. The summed E-state index contributed by atoms with van der Waals surface area (Å²) < 4.78 is 0. The highest BCUT2D eigenvalue weighted by Gasteiger charge is 2.29. The Morgan fingerprint density at radius 1 is 1.33 bits per heavy atom. The molecule has 1 aliphatic carbocycles. The molecule has 2 atom stereocenters. The third-order valence-electron chi connectivity index (χ3n) is 5.44. The molecule has 0 aromatic heterocycles. The minimum Gasteiger partial charge on any atom is -0.402 e. The molecule has 1 saturated heterocycles. The second-order valence-electron chi connectivity index (χ2n) is 7.72. The Bertz CT molecular complexity index is 645. The van der Waals surface area contributed by atoms with Crippen LogP contribution in [-0.4, -0.2) is 53.0 Å². The molecule has 27 heavy (non-hydrogen) atoms. The van der Waals surface area contributed by atoms with Crippen molar-refractivity contribution in [2.45, 2.75) is 70.6 Å². The molecule has 3 aliphatic rings. The van der Waals surface area contributed by atoms with Gasteiger partial charge in [-0.2, -0.15) is 4.99 Å². The topological polar surface area (TPSA) is 119 Å². The van der Waals surface area contributed by atoms with Crippen LogP contribution < -0.4 is 16.5 Å². The van der Waals surface area contributed by atoms with Crippen molar-refractivity contribution in [3.63, 3.8) is 0 Å². The van der Waals surface area contributed by atoms with Crippen LogP contribution in [0.2, 0.25) is 0 Å². The highest BCUT2D eigenvalue weighted by molar-refractivity contribution is 5.99. The van der Waals surface area contributed by atoms with Crippen molar-refractivity contribution < 1.29 is 9.94 Å². The van der Waals surface area contributed by atoms with Gasteiger partial charge >= 0.3 is 0 Å². The van der Waals surface area contributed by atoms with E-state index in [0.29, 0.717) is 34.9 Å². The number of amidine groups is 1. The number of hydrogen-bond donors (Lipinski definition) is 5. The largest absolute Gasteiger partial charge is 0.402 e. The summed E-state index contributed by atoms with van der Waals surface area (Å²) >= 11 is 0. The standard InChI is InChI=1S/C19H32N6O2/c1-12(20)11-15(19-22-13(2)27-24-19)18(21)25-9-7-14(8-10-25)23-16-5-3-4-6-17(16)26/h11,14,16-17,21,23-24,26H,3-10,20H2,1-2H3/b12-11-,19-15+,21-18?/t16-,17-/m0/s1. The molecule has 8 heteroatoms. The van der Waals surface area contributed by atoms with Crippen LogP contribution in [0.1, 0.15) is 52.4 Å². The maximum atomic E-state index is 10.2. The van der Waals surface area contributed by atoms with Gasteiger partial charge in [-0.05, 0) is 38.7 Å². The monoisotopic (exact) mass is 376 g/mol. The van der Waals surface area contributed by atoms with E-state index < -0.39 is 0 Å². The number of nitrogens with one attached hydrogen (secondary N) is 3. The number of nitrogens with two attached hydrogens (primary N) is 1. The molecular weight excluding hydrogens is 344 g/mol. The Morgan fingerprint density at radius 3 is 2.63 bits per heavy atom. The molecule has 0 radical (unpaired) electrons. The van der Waals surface area contributed by atoms with Gasteiger partial charge in [0, 0.05) is 37.8 Å². The summed E-state index contributed by atoms with van der Waals surface area (Å²) in [6.07, 6.45) is 7.71. The number of hydrogen-bond acceptors (Lipinski definition) is 7. The number of nitrogens with zero attached hydrogens (tertiary/aromatic N) is 2. The lowest BCUT2D eigenvalue weighted by molar-refractivity contribution is 0.0797. The summed E-state index contributed by atoms with van der Waals surface area (Å²) in [4.78, 5) is 11.6. The van der Waals surface area contributed by atoms with Gasteiger partial charge in [-0.1, -0.05) is 12.8 Å². The van der Waals surface area contributed by atoms with Gasteiger partial charge in [-0.15, -0.1) is 0 Å². The first-order chi connectivity index (χ1) is 12.9. The number of likely N-dealkylation sites (tertiary alicyclic amines) is 1. The van der Waals surface area contributed by atoms with E-state index in [-0.39, 0.29) is 12.1 Å². The minimum atomic E-state index is -0.223. The van der Waals surface area contributed by atoms with Gasteiger partial charge in [-0.25, -0.2) is 5.48 Å². The maximum Gasteiger partial charge on any atom is 0.220 e. The molecule has 1 saturated carbocycles. The molecule has 8 nitrogen and oxygen atoms in total. The first-order valence-electron chi connectivity index (χ1n) is 9.88. The fourth-order valence-electron chi connectivity index (χ4n) is 3.97. The summed E-state index contributed by atoms with van der Waals surface area (Å²) in [6.45, 7) is 5.14. The lowest BCUT2D eigenvalue weighted by atomic mass is 9.91. The van der Waals surface area contributed by atoms with Crippen molar-refractivity contribution in [2.75, 3.05) is 13.1 Å². The molecule has 150 valence electrons. The van der Waals surface area contributed by atoms with Gasteiger partial charge in [0.25, 0.3) is 0 Å². The smallest absolute Gasteiger partial charge is 0.220 e. The molecule has 0 aromatic carbocycles. The fourth-order valence-corrected chi connectivity index (χ4v) is 3.97. The fraction of sp³-hybridized carbons (Fsp3) is 0.684. The summed E-state index contributed by atoms with van der Waals surface area (Å²) in [5.41, 5.74) is 9.89. The number of hydroxylamine groups is 1. The Balaban J connectivity index is 1.61. The number of piperidine rings is 1. The maximum absolute atomic E-state index is 10.2. The lowest BCUT2D eigenvalue weighted by Crippen LogP contribution is -2.51. The number of aliphatic imine (C=N–C) groups is 1. The van der Waals surface area contributed by atoms with Gasteiger partial charge in [-0.3, -0.25) is 5.41 Å². The van der Waals surface area contributed by atoms with Crippen LogP contribution in [0.5, 0.6) is 0 Å². The van der Waals surface area contributed by atoms with Crippen LogP contribution in [0, 0.1) is 5.41 Å². The molecule has 2 fully saturated rings. The second-order valence-corrected chi connectivity index (χ2v) is 7.72. The van der Waals surface area contributed by atoms with Crippen molar-refractivity contribution >= 4 is 11.7 Å². The first-order valence-corrected chi connectivity index (χ1v) is 9.88. The van der Waals surface area contributed by atoms with Crippen molar-refractivity contribution in [3.05, 3.63) is 23.2 Å². The number of rotatable bonds is 4. The van der Waals surface area contributed by atoms with Crippen molar-refractivity contribution in [1.29, 1.82) is 5.41 Å². The van der Waals surface area contributed by atoms with E-state index in [2.05, 4.69) is 20.7 Å². The van der Waals surface area contributed by atoms with E-state index in [9.17, 15) is 5.11 Å². The summed E-state index contributed by atoms with van der Waals surface area (Å²) in [6, 6.07) is 0.607. The van der Waals surface area contributed by atoms with Gasteiger partial charge in [0.15, 0.2) is 5.82 Å². The molecule has 0 spiro atoms. The highest BCUT2D eigenvalue weighted by Crippen LogP contribution is 2.22. The predicted molar refractivity (Wildman–Crippen MR) is 106 cm³/mol. The molecule has 2 aliphatic heterocycles. The lowest BCUT2D eigenvalue weighted by Gasteiger charge is -2.38. The zero-order chi connectivity index (χ0) is 19.4. The quantitative estimate of drug-likeness (QED) is 0.373. The molecule has 6 N–H and O–H groups in total. The highest BCUT2D eigenvalue weighted by atomic mass is 16.7. The number of aliphatic hydroxyl groups excluding tert-OH is 1. The van der Waals surface area contributed by atoms with Gasteiger partial charge in [0.05, 0.1) is 11.7 Å². The Hall–Kier alpha value is -2.06. The van der Waals surface area contributed by atoms with Gasteiger partial charge in [0.2, 0.25) is 5.90 Å². The molecule has 3 rings (SSSR count). The molecule has 0 bridgehead atoms. The van der Waals surface area contributed by atoms with Crippen molar-refractivity contribution in [2.24, 2.45) is 10.7 Å². The van der Waals surface area contributed by atoms with E-state index in [4.69, 9.17) is 16.0 Å². The van der Waals surface area contributed by atoms with Crippen LogP contribution in [0.25, 0.3) is 0 Å². The van der Waals surface area contributed by atoms with Gasteiger partial charge < -0.3 is 25.9 Å². The Kier molecular flexibility index (Phi) is 6.38. The third-order valence-corrected chi connectivity index (χ3v) is 5.44. The normalized spacial score (nSPS) is 29.1. The zero-order valence-corrected chi connectivity index (χ0v) is 16.3. The van der Waals surface area contributed by atoms with Crippen LogP contribution >= 0.6 is 0 Å². The SMILES string of the molecule is CC1=N/C(=C(/C=C(/C)N)C(=N)N2CCC(N[C@H]3CCCC[C@@H]3O)CC2)NO1. The average Bonchev–Trinajstić information content (AvgIpc) is 3.08. The summed E-state index contributed by atoms with van der Waals surface area (Å²) in [5, 5.41) is 22.5.